The smallest absolute Gasteiger partial charge is 0.163 e. The summed E-state index contributed by atoms with van der Waals surface area (Å²) < 4.78 is 16.3. The standard InChI is InChI=1S/C20H16Cl3N3O3/c1-27-17-8-16(13(22)6-14(17)23)26-20-11(9-24)10-25-15-7-19(29-4-3-21)18(28-2)5-12(15)20/h5-8,10H,3-4H2,1-2H3,(H,25,26). The lowest BCUT2D eigenvalue weighted by molar-refractivity contribution is 0.313. The molecular formula is C20H16Cl3N3O3. The predicted octanol–water partition coefficient (Wildman–Crippen LogP) is 5.79. The minimum absolute atomic E-state index is 0.324. The van der Waals surface area contributed by atoms with Gasteiger partial charge in [-0.3, -0.25) is 4.98 Å². The van der Waals surface area contributed by atoms with Crippen molar-refractivity contribution in [2.45, 2.75) is 0 Å². The van der Waals surface area contributed by atoms with Crippen LogP contribution in [0.5, 0.6) is 17.2 Å². The molecule has 0 amide bonds. The van der Waals surface area contributed by atoms with Crippen LogP contribution in [0.15, 0.2) is 30.5 Å². The molecule has 2 aromatic carbocycles. The Hall–Kier alpha value is -2.59. The third kappa shape index (κ3) is 4.38. The third-order valence-electron chi connectivity index (χ3n) is 4.11. The number of aromatic nitrogens is 1. The lowest BCUT2D eigenvalue weighted by atomic mass is 10.1. The van der Waals surface area contributed by atoms with Crippen LogP contribution in [0.3, 0.4) is 0 Å². The summed E-state index contributed by atoms with van der Waals surface area (Å²) in [6, 6.07) is 8.85. The summed E-state index contributed by atoms with van der Waals surface area (Å²) >= 11 is 18.2. The number of benzene rings is 2. The fourth-order valence-electron chi connectivity index (χ4n) is 2.76. The topological polar surface area (TPSA) is 76.4 Å². The predicted molar refractivity (Wildman–Crippen MR) is 116 cm³/mol. The maximum atomic E-state index is 9.59. The van der Waals surface area contributed by atoms with E-state index in [1.54, 1.807) is 24.3 Å². The molecule has 29 heavy (non-hydrogen) atoms. The average Bonchev–Trinajstić information content (AvgIpc) is 2.73. The number of nitrogens with one attached hydrogen (secondary N) is 1. The highest BCUT2D eigenvalue weighted by molar-refractivity contribution is 6.37. The van der Waals surface area contributed by atoms with Crippen molar-refractivity contribution in [1.29, 1.82) is 5.26 Å². The Morgan fingerprint density at radius 3 is 2.45 bits per heavy atom. The van der Waals surface area contributed by atoms with E-state index in [2.05, 4.69) is 16.4 Å². The van der Waals surface area contributed by atoms with Gasteiger partial charge in [-0.05, 0) is 12.1 Å². The van der Waals surface area contributed by atoms with Gasteiger partial charge in [-0.25, -0.2) is 0 Å². The van der Waals surface area contributed by atoms with Crippen molar-refractivity contribution >= 4 is 57.1 Å². The quantitative estimate of drug-likeness (QED) is 0.457. The van der Waals surface area contributed by atoms with Gasteiger partial charge in [-0.15, -0.1) is 11.6 Å². The highest BCUT2D eigenvalue weighted by Crippen LogP contribution is 2.40. The van der Waals surface area contributed by atoms with Gasteiger partial charge in [0.2, 0.25) is 0 Å². The summed E-state index contributed by atoms with van der Waals surface area (Å²) in [7, 11) is 3.04. The zero-order valence-corrected chi connectivity index (χ0v) is 17.8. The van der Waals surface area contributed by atoms with Gasteiger partial charge < -0.3 is 19.5 Å². The molecule has 9 heteroatoms. The highest BCUT2D eigenvalue weighted by Gasteiger charge is 2.16. The first kappa shape index (κ1) is 21.1. The van der Waals surface area contributed by atoms with Gasteiger partial charge in [0.1, 0.15) is 18.4 Å². The molecule has 3 rings (SSSR count). The van der Waals surface area contributed by atoms with E-state index in [1.807, 2.05) is 0 Å². The molecule has 0 atom stereocenters. The monoisotopic (exact) mass is 451 g/mol. The van der Waals surface area contributed by atoms with E-state index in [-0.39, 0.29) is 0 Å². The van der Waals surface area contributed by atoms with Crippen LogP contribution in [0, 0.1) is 11.3 Å². The van der Waals surface area contributed by atoms with E-state index in [0.29, 0.717) is 67.6 Å². The Labute approximate surface area is 182 Å². The maximum Gasteiger partial charge on any atom is 0.163 e. The fourth-order valence-corrected chi connectivity index (χ4v) is 3.34. The van der Waals surface area contributed by atoms with Crippen LogP contribution in [0.2, 0.25) is 10.0 Å². The van der Waals surface area contributed by atoms with E-state index < -0.39 is 0 Å². The number of anilines is 2. The van der Waals surface area contributed by atoms with Crippen molar-refractivity contribution in [3.63, 3.8) is 0 Å². The van der Waals surface area contributed by atoms with E-state index in [0.717, 1.165) is 0 Å². The van der Waals surface area contributed by atoms with E-state index >= 15 is 0 Å². The number of methoxy groups -OCH3 is 2. The molecule has 0 spiro atoms. The van der Waals surface area contributed by atoms with Crippen LogP contribution in [-0.2, 0) is 0 Å². The largest absolute Gasteiger partial charge is 0.495 e. The zero-order chi connectivity index (χ0) is 21.0. The summed E-state index contributed by atoms with van der Waals surface area (Å²) in [6.07, 6.45) is 1.48. The molecule has 0 saturated carbocycles. The third-order valence-corrected chi connectivity index (χ3v) is 4.87. The van der Waals surface area contributed by atoms with Gasteiger partial charge in [0.25, 0.3) is 0 Å². The molecular weight excluding hydrogens is 437 g/mol. The van der Waals surface area contributed by atoms with E-state index in [9.17, 15) is 5.26 Å². The van der Waals surface area contributed by atoms with Crippen LogP contribution in [0.1, 0.15) is 5.56 Å². The second kappa shape index (κ2) is 9.27. The Kier molecular flexibility index (Phi) is 6.75. The first-order valence-electron chi connectivity index (χ1n) is 8.42. The summed E-state index contributed by atoms with van der Waals surface area (Å²) in [6.45, 7) is 0.324. The summed E-state index contributed by atoms with van der Waals surface area (Å²) in [5, 5.41) is 14.2. The molecule has 3 aromatic rings. The van der Waals surface area contributed by atoms with E-state index in [4.69, 9.17) is 49.0 Å². The lowest BCUT2D eigenvalue weighted by Crippen LogP contribution is -2.02. The molecule has 1 heterocycles. The van der Waals surface area contributed by atoms with Crippen molar-refractivity contribution in [1.82, 2.24) is 4.98 Å². The molecule has 6 nitrogen and oxygen atoms in total. The molecule has 0 aliphatic rings. The Bertz CT molecular complexity index is 1100. The zero-order valence-electron chi connectivity index (χ0n) is 15.6. The minimum Gasteiger partial charge on any atom is -0.495 e. The molecule has 0 radical (unpaired) electrons. The normalized spacial score (nSPS) is 10.5. The first-order valence-corrected chi connectivity index (χ1v) is 9.71. The van der Waals surface area contributed by atoms with E-state index in [1.165, 1.54) is 20.4 Å². The van der Waals surface area contributed by atoms with Crippen molar-refractivity contribution in [3.8, 4) is 23.3 Å². The summed E-state index contributed by atoms with van der Waals surface area (Å²) in [4.78, 5) is 4.36. The van der Waals surface area contributed by atoms with Gasteiger partial charge in [0.15, 0.2) is 11.5 Å². The molecule has 0 bridgehead atoms. The van der Waals surface area contributed by atoms with Gasteiger partial charge in [-0.1, -0.05) is 23.2 Å². The molecule has 150 valence electrons. The number of nitriles is 1. The van der Waals surface area contributed by atoms with Crippen LogP contribution in [0.25, 0.3) is 10.9 Å². The molecule has 0 aliphatic heterocycles. The van der Waals surface area contributed by atoms with Crippen molar-refractivity contribution in [3.05, 3.63) is 46.1 Å². The number of hydrogen-bond donors (Lipinski definition) is 1. The second-order valence-electron chi connectivity index (χ2n) is 5.81. The van der Waals surface area contributed by atoms with Crippen LogP contribution in [-0.4, -0.2) is 31.7 Å². The summed E-state index contributed by atoms with van der Waals surface area (Å²) in [5.74, 6) is 1.79. The lowest BCUT2D eigenvalue weighted by Gasteiger charge is -2.16. The Morgan fingerprint density at radius 1 is 1.03 bits per heavy atom. The van der Waals surface area contributed by atoms with Gasteiger partial charge in [0.05, 0.1) is 52.6 Å². The van der Waals surface area contributed by atoms with Crippen LogP contribution in [0.4, 0.5) is 11.4 Å². The van der Waals surface area contributed by atoms with Gasteiger partial charge >= 0.3 is 0 Å². The molecule has 0 saturated heterocycles. The van der Waals surface area contributed by atoms with Crippen molar-refractivity contribution < 1.29 is 14.2 Å². The number of nitrogens with zero attached hydrogens (tertiary/aromatic N) is 2. The molecule has 0 aliphatic carbocycles. The number of alkyl halides is 1. The average molecular weight is 453 g/mol. The molecule has 0 unspecified atom stereocenters. The number of pyridine rings is 1. The minimum atomic E-state index is 0.324. The Morgan fingerprint density at radius 2 is 1.79 bits per heavy atom. The van der Waals surface area contributed by atoms with Gasteiger partial charge in [-0.2, -0.15) is 5.26 Å². The number of fused-ring (bicyclic) bond motifs is 1. The van der Waals surface area contributed by atoms with Crippen LogP contribution >= 0.6 is 34.8 Å². The van der Waals surface area contributed by atoms with Crippen LogP contribution < -0.4 is 19.5 Å². The molecule has 0 fully saturated rings. The summed E-state index contributed by atoms with van der Waals surface area (Å²) in [5.41, 5.74) is 1.98. The molecule has 1 aromatic heterocycles. The number of rotatable bonds is 7. The van der Waals surface area contributed by atoms with Gasteiger partial charge in [0, 0.05) is 23.7 Å². The number of ether oxygens (including phenoxy) is 3. The highest BCUT2D eigenvalue weighted by atomic mass is 35.5. The fraction of sp³-hybridized carbons (Fsp3) is 0.200. The van der Waals surface area contributed by atoms with Crippen molar-refractivity contribution in [2.75, 3.05) is 32.0 Å². The SMILES string of the molecule is COc1cc(Nc2c(C#N)cnc3cc(OCCCl)c(OC)cc23)c(Cl)cc1Cl. The Balaban J connectivity index is 2.17. The van der Waals surface area contributed by atoms with Crippen molar-refractivity contribution in [2.24, 2.45) is 0 Å². The molecule has 1 N–H and O–H groups in total. The maximum absolute atomic E-state index is 9.59. The number of hydrogen-bond acceptors (Lipinski definition) is 6. The second-order valence-corrected chi connectivity index (χ2v) is 7.00. The first-order chi connectivity index (χ1) is 14.0. The number of halogens is 3.